The summed E-state index contributed by atoms with van der Waals surface area (Å²) in [7, 11) is 3.03. The topological polar surface area (TPSA) is 86.2 Å². The second kappa shape index (κ2) is 8.98. The zero-order valence-corrected chi connectivity index (χ0v) is 19.0. The average molecular weight is 469 g/mol. The van der Waals surface area contributed by atoms with Crippen LogP contribution in [-0.2, 0) is 0 Å². The van der Waals surface area contributed by atoms with E-state index in [2.05, 4.69) is 20.3 Å². The number of nitrogens with one attached hydrogen (secondary N) is 1. The average Bonchev–Trinajstić information content (AvgIpc) is 2.78. The molecule has 4 aromatic rings. The second-order valence-corrected chi connectivity index (χ2v) is 7.65. The Kier molecular flexibility index (Phi) is 6.12. The number of hydrogen-bond donors (Lipinski definition) is 1. The molecule has 4 rings (SSSR count). The molecule has 1 N–H and O–H groups in total. The minimum absolute atomic E-state index is 0.269. The SMILES string of the molecule is COc1ccc(C(=O)Nc2nc3nc(C)ncc3cc2-c2c(Cl)cccc2Cl)cc1OC. The van der Waals surface area contributed by atoms with Crippen LogP contribution in [0, 0.1) is 6.92 Å². The van der Waals surface area contributed by atoms with Crippen LogP contribution in [0.3, 0.4) is 0 Å². The highest BCUT2D eigenvalue weighted by molar-refractivity contribution is 6.39. The fourth-order valence-corrected chi connectivity index (χ4v) is 3.85. The Bertz CT molecular complexity index is 1320. The third-order valence-electron chi connectivity index (χ3n) is 4.80. The number of benzene rings is 2. The summed E-state index contributed by atoms with van der Waals surface area (Å²) in [6.45, 7) is 1.77. The molecular weight excluding hydrogens is 451 g/mol. The first kappa shape index (κ1) is 21.8. The largest absolute Gasteiger partial charge is 0.493 e. The fraction of sp³-hybridized carbons (Fsp3) is 0.130. The van der Waals surface area contributed by atoms with Crippen molar-refractivity contribution in [1.82, 2.24) is 15.0 Å². The van der Waals surface area contributed by atoms with Gasteiger partial charge in [0.05, 0.1) is 24.3 Å². The van der Waals surface area contributed by atoms with Crippen molar-refractivity contribution in [1.29, 1.82) is 0 Å². The van der Waals surface area contributed by atoms with Gasteiger partial charge in [0.25, 0.3) is 5.91 Å². The smallest absolute Gasteiger partial charge is 0.256 e. The van der Waals surface area contributed by atoms with Crippen LogP contribution in [0.2, 0.25) is 10.0 Å². The highest BCUT2D eigenvalue weighted by Gasteiger charge is 2.19. The Morgan fingerprint density at radius 3 is 2.38 bits per heavy atom. The fourth-order valence-electron chi connectivity index (χ4n) is 3.25. The van der Waals surface area contributed by atoms with Gasteiger partial charge in [-0.1, -0.05) is 29.3 Å². The summed E-state index contributed by atoms with van der Waals surface area (Å²) in [4.78, 5) is 26.3. The van der Waals surface area contributed by atoms with Gasteiger partial charge in [-0.2, -0.15) is 0 Å². The molecule has 0 aliphatic heterocycles. The lowest BCUT2D eigenvalue weighted by molar-refractivity contribution is 0.102. The standard InChI is InChI=1S/C23H18Cl2N4O3/c1-12-26-11-14-9-15(20-16(24)5-4-6-17(20)25)22(28-21(14)27-12)29-23(30)13-7-8-18(31-2)19(10-13)32-3/h4-11H,1-3H3,(H,26,27,28,29,30). The molecule has 0 fully saturated rings. The summed E-state index contributed by atoms with van der Waals surface area (Å²) < 4.78 is 10.5. The van der Waals surface area contributed by atoms with Gasteiger partial charge in [-0.25, -0.2) is 15.0 Å². The minimum atomic E-state index is -0.395. The van der Waals surface area contributed by atoms with Gasteiger partial charge in [-0.3, -0.25) is 4.79 Å². The van der Waals surface area contributed by atoms with Gasteiger partial charge in [0.1, 0.15) is 11.6 Å². The summed E-state index contributed by atoms with van der Waals surface area (Å²) in [6, 6.07) is 11.9. The molecule has 0 saturated heterocycles. The Balaban J connectivity index is 1.84. The molecule has 2 aromatic heterocycles. The summed E-state index contributed by atoms with van der Waals surface area (Å²) in [6.07, 6.45) is 1.67. The molecule has 0 radical (unpaired) electrons. The minimum Gasteiger partial charge on any atom is -0.493 e. The normalized spacial score (nSPS) is 10.8. The number of carbonyl (C=O) groups excluding carboxylic acids is 1. The van der Waals surface area contributed by atoms with Crippen LogP contribution in [0.25, 0.3) is 22.2 Å². The van der Waals surface area contributed by atoms with E-state index in [0.717, 1.165) is 0 Å². The van der Waals surface area contributed by atoms with E-state index in [1.807, 2.05) is 0 Å². The molecule has 7 nitrogen and oxygen atoms in total. The van der Waals surface area contributed by atoms with Gasteiger partial charge in [-0.15, -0.1) is 0 Å². The van der Waals surface area contributed by atoms with Crippen LogP contribution in [0.4, 0.5) is 5.82 Å². The molecule has 1 amide bonds. The van der Waals surface area contributed by atoms with Crippen molar-refractivity contribution < 1.29 is 14.3 Å². The number of methoxy groups -OCH3 is 2. The van der Waals surface area contributed by atoms with Crippen molar-refractivity contribution in [2.75, 3.05) is 19.5 Å². The maximum atomic E-state index is 13.1. The van der Waals surface area contributed by atoms with Crippen molar-refractivity contribution in [2.24, 2.45) is 0 Å². The third kappa shape index (κ3) is 4.17. The predicted octanol–water partition coefficient (Wildman–Crippen LogP) is 5.58. The van der Waals surface area contributed by atoms with Crippen molar-refractivity contribution >= 4 is 46.0 Å². The highest BCUT2D eigenvalue weighted by atomic mass is 35.5. The van der Waals surface area contributed by atoms with Gasteiger partial charge in [-0.05, 0) is 43.3 Å². The molecule has 0 aliphatic rings. The summed E-state index contributed by atoms with van der Waals surface area (Å²) in [5, 5.41) is 4.39. The number of fused-ring (bicyclic) bond motifs is 1. The van der Waals surface area contributed by atoms with Gasteiger partial charge >= 0.3 is 0 Å². The molecule has 2 heterocycles. The van der Waals surface area contributed by atoms with E-state index in [4.69, 9.17) is 32.7 Å². The number of anilines is 1. The van der Waals surface area contributed by atoms with E-state index in [9.17, 15) is 4.79 Å². The van der Waals surface area contributed by atoms with Gasteiger partial charge < -0.3 is 14.8 Å². The van der Waals surface area contributed by atoms with Crippen LogP contribution in [0.5, 0.6) is 11.5 Å². The molecule has 0 bridgehead atoms. The zero-order valence-electron chi connectivity index (χ0n) is 17.4. The lowest BCUT2D eigenvalue weighted by Crippen LogP contribution is -2.14. The summed E-state index contributed by atoms with van der Waals surface area (Å²) in [5.41, 5.74) is 1.90. The lowest BCUT2D eigenvalue weighted by atomic mass is 10.0. The number of nitrogens with zero attached hydrogens (tertiary/aromatic N) is 3. The van der Waals surface area contributed by atoms with E-state index in [1.165, 1.54) is 14.2 Å². The van der Waals surface area contributed by atoms with Crippen LogP contribution in [0.1, 0.15) is 16.2 Å². The number of hydrogen-bond acceptors (Lipinski definition) is 6. The molecule has 0 saturated carbocycles. The van der Waals surface area contributed by atoms with E-state index in [0.29, 0.717) is 55.1 Å². The van der Waals surface area contributed by atoms with Crippen molar-refractivity contribution in [2.45, 2.75) is 6.92 Å². The first-order chi connectivity index (χ1) is 15.4. The van der Waals surface area contributed by atoms with Crippen LogP contribution in [-0.4, -0.2) is 35.1 Å². The Labute approximate surface area is 194 Å². The molecular formula is C23H18Cl2N4O3. The molecule has 9 heteroatoms. The first-order valence-electron chi connectivity index (χ1n) is 9.53. The first-order valence-corrected chi connectivity index (χ1v) is 10.3. The summed E-state index contributed by atoms with van der Waals surface area (Å²) >= 11 is 12.9. The predicted molar refractivity (Wildman–Crippen MR) is 125 cm³/mol. The third-order valence-corrected chi connectivity index (χ3v) is 5.43. The van der Waals surface area contributed by atoms with E-state index in [-0.39, 0.29) is 5.82 Å². The molecule has 0 spiro atoms. The number of ether oxygens (including phenoxy) is 2. The number of halogens is 2. The molecule has 2 aromatic carbocycles. The van der Waals surface area contributed by atoms with E-state index < -0.39 is 5.91 Å². The van der Waals surface area contributed by atoms with Crippen LogP contribution < -0.4 is 14.8 Å². The van der Waals surface area contributed by atoms with Crippen molar-refractivity contribution in [3.05, 3.63) is 70.1 Å². The molecule has 0 aliphatic carbocycles. The Morgan fingerprint density at radius 2 is 1.69 bits per heavy atom. The number of rotatable bonds is 5. The number of aryl methyl sites for hydroxylation is 1. The van der Waals surface area contributed by atoms with E-state index >= 15 is 0 Å². The number of aromatic nitrogens is 3. The molecule has 32 heavy (non-hydrogen) atoms. The Morgan fingerprint density at radius 1 is 0.969 bits per heavy atom. The number of carbonyl (C=O) groups is 1. The maximum absolute atomic E-state index is 13.1. The highest BCUT2D eigenvalue weighted by Crippen LogP contribution is 2.39. The molecule has 0 unspecified atom stereocenters. The van der Waals surface area contributed by atoms with Crippen molar-refractivity contribution in [3.63, 3.8) is 0 Å². The maximum Gasteiger partial charge on any atom is 0.256 e. The zero-order chi connectivity index (χ0) is 22.8. The van der Waals surface area contributed by atoms with E-state index in [1.54, 1.807) is 55.6 Å². The quantitative estimate of drug-likeness (QED) is 0.411. The molecule has 162 valence electrons. The second-order valence-electron chi connectivity index (χ2n) is 6.84. The lowest BCUT2D eigenvalue weighted by Gasteiger charge is -2.15. The van der Waals surface area contributed by atoms with Gasteiger partial charge in [0.2, 0.25) is 0 Å². The van der Waals surface area contributed by atoms with Gasteiger partial charge in [0, 0.05) is 28.3 Å². The Hall–Kier alpha value is -3.42. The molecule has 0 atom stereocenters. The van der Waals surface area contributed by atoms with Crippen molar-refractivity contribution in [3.8, 4) is 22.6 Å². The monoisotopic (exact) mass is 468 g/mol. The van der Waals surface area contributed by atoms with Gasteiger partial charge in [0.15, 0.2) is 17.1 Å². The number of pyridine rings is 1. The summed E-state index contributed by atoms with van der Waals surface area (Å²) in [5.74, 6) is 1.39. The van der Waals surface area contributed by atoms with Crippen LogP contribution >= 0.6 is 23.2 Å². The van der Waals surface area contributed by atoms with Crippen LogP contribution in [0.15, 0.2) is 48.7 Å². The number of amides is 1.